The smallest absolute Gasteiger partial charge is 0.309 e. The fourth-order valence-electron chi connectivity index (χ4n) is 0.603. The molecule has 0 aromatic rings. The third-order valence-corrected chi connectivity index (χ3v) is 1.28. The molecule has 11 heavy (non-hydrogen) atoms. The van der Waals surface area contributed by atoms with Gasteiger partial charge in [0.2, 0.25) is 0 Å². The Bertz CT molecular complexity index is 128. The lowest BCUT2D eigenvalue weighted by atomic mass is 10.3. The third kappa shape index (κ3) is 7.10. The van der Waals surface area contributed by atoms with E-state index in [0.29, 0.717) is 13.0 Å². The van der Waals surface area contributed by atoms with Crippen molar-refractivity contribution in [2.75, 3.05) is 6.61 Å². The van der Waals surface area contributed by atoms with Gasteiger partial charge in [0.25, 0.3) is 0 Å². The topological polar surface area (TPSA) is 26.3 Å². The molecular formula is C9H16O2. The first-order valence-corrected chi connectivity index (χ1v) is 4.08. The molecule has 0 fully saturated rings. The number of carbonyl (C=O) groups is 1. The highest BCUT2D eigenvalue weighted by atomic mass is 16.5. The van der Waals surface area contributed by atoms with Gasteiger partial charge in [0.05, 0.1) is 13.0 Å². The minimum absolute atomic E-state index is 0.128. The zero-order chi connectivity index (χ0) is 8.53. The second-order valence-electron chi connectivity index (χ2n) is 2.35. The average molecular weight is 156 g/mol. The van der Waals surface area contributed by atoms with Crippen molar-refractivity contribution in [1.82, 2.24) is 0 Å². The fraction of sp³-hybridized carbons (Fsp3) is 0.667. The van der Waals surface area contributed by atoms with Crippen molar-refractivity contribution in [3.05, 3.63) is 12.2 Å². The monoisotopic (exact) mass is 156 g/mol. The molecule has 0 bridgehead atoms. The molecule has 0 atom stereocenters. The number of carbonyl (C=O) groups excluding carboxylic acids is 1. The maximum absolute atomic E-state index is 10.8. The van der Waals surface area contributed by atoms with Crippen molar-refractivity contribution in [2.24, 2.45) is 0 Å². The summed E-state index contributed by atoms with van der Waals surface area (Å²) in [6.45, 7) is 4.52. The second kappa shape index (κ2) is 7.32. The van der Waals surface area contributed by atoms with Crippen molar-refractivity contribution < 1.29 is 9.53 Å². The molecule has 2 nitrogen and oxygen atoms in total. The van der Waals surface area contributed by atoms with E-state index in [1.54, 1.807) is 6.08 Å². The summed E-state index contributed by atoms with van der Waals surface area (Å²) in [6, 6.07) is 0. The zero-order valence-electron chi connectivity index (χ0n) is 7.30. The van der Waals surface area contributed by atoms with Crippen LogP contribution in [0.15, 0.2) is 12.2 Å². The number of hydrogen-bond acceptors (Lipinski definition) is 2. The van der Waals surface area contributed by atoms with Crippen LogP contribution in [0, 0.1) is 0 Å². The van der Waals surface area contributed by atoms with Crippen molar-refractivity contribution in [1.29, 1.82) is 0 Å². The van der Waals surface area contributed by atoms with Crippen LogP contribution in [0.5, 0.6) is 0 Å². The third-order valence-electron chi connectivity index (χ3n) is 1.28. The van der Waals surface area contributed by atoms with Crippen molar-refractivity contribution >= 4 is 5.97 Å². The summed E-state index contributed by atoms with van der Waals surface area (Å²) in [6.07, 6.45) is 6.08. The molecule has 0 unspecified atom stereocenters. The Morgan fingerprint density at radius 3 is 2.82 bits per heavy atom. The molecule has 0 rings (SSSR count). The minimum atomic E-state index is -0.128. The van der Waals surface area contributed by atoms with Gasteiger partial charge in [0, 0.05) is 0 Å². The lowest BCUT2D eigenvalue weighted by molar-refractivity contribution is -0.142. The average Bonchev–Trinajstić information content (AvgIpc) is 2.01. The highest BCUT2D eigenvalue weighted by molar-refractivity contribution is 5.71. The van der Waals surface area contributed by atoms with E-state index < -0.39 is 0 Å². The molecule has 0 heterocycles. The van der Waals surface area contributed by atoms with Crippen LogP contribution in [0.4, 0.5) is 0 Å². The number of ether oxygens (including phenoxy) is 1. The summed E-state index contributed by atoms with van der Waals surface area (Å²) in [4.78, 5) is 10.8. The molecule has 0 radical (unpaired) electrons. The van der Waals surface area contributed by atoms with Crippen LogP contribution in [0.25, 0.3) is 0 Å². The van der Waals surface area contributed by atoms with Crippen molar-refractivity contribution in [3.8, 4) is 0 Å². The molecule has 0 saturated carbocycles. The SMILES string of the molecule is C/C=C/CC(=O)OCCCC. The summed E-state index contributed by atoms with van der Waals surface area (Å²) in [5.41, 5.74) is 0. The molecule has 0 aliphatic heterocycles. The Kier molecular flexibility index (Phi) is 6.79. The Balaban J connectivity index is 3.23. The second-order valence-corrected chi connectivity index (χ2v) is 2.35. The molecule has 0 aromatic heterocycles. The van der Waals surface area contributed by atoms with E-state index >= 15 is 0 Å². The quantitative estimate of drug-likeness (QED) is 0.347. The standard InChI is InChI=1S/C9H16O2/c1-3-5-7-9(10)11-8-6-4-2/h3,5H,4,6-8H2,1-2H3/b5-3+. The summed E-state index contributed by atoms with van der Waals surface area (Å²) < 4.78 is 4.89. The van der Waals surface area contributed by atoms with E-state index in [2.05, 4.69) is 6.92 Å². The number of allylic oxidation sites excluding steroid dienone is 1. The molecular weight excluding hydrogens is 140 g/mol. The lowest BCUT2D eigenvalue weighted by Crippen LogP contribution is -2.03. The first kappa shape index (κ1) is 10.2. The maximum Gasteiger partial charge on any atom is 0.309 e. The summed E-state index contributed by atoms with van der Waals surface area (Å²) >= 11 is 0. The van der Waals surface area contributed by atoms with E-state index in [0.717, 1.165) is 12.8 Å². The predicted octanol–water partition coefficient (Wildman–Crippen LogP) is 2.30. The van der Waals surface area contributed by atoms with E-state index in [9.17, 15) is 4.79 Å². The zero-order valence-corrected chi connectivity index (χ0v) is 7.30. The van der Waals surface area contributed by atoms with Crippen LogP contribution in [0.2, 0.25) is 0 Å². The van der Waals surface area contributed by atoms with E-state index in [-0.39, 0.29) is 5.97 Å². The summed E-state index contributed by atoms with van der Waals surface area (Å²) in [5.74, 6) is -0.128. The van der Waals surface area contributed by atoms with Crippen LogP contribution in [-0.4, -0.2) is 12.6 Å². The van der Waals surface area contributed by atoms with Gasteiger partial charge in [0.15, 0.2) is 0 Å². The van der Waals surface area contributed by atoms with Gasteiger partial charge in [-0.25, -0.2) is 0 Å². The van der Waals surface area contributed by atoms with Crippen LogP contribution in [0.1, 0.15) is 33.1 Å². The van der Waals surface area contributed by atoms with Gasteiger partial charge in [-0.15, -0.1) is 0 Å². The molecule has 0 aliphatic carbocycles. The van der Waals surface area contributed by atoms with E-state index in [1.165, 1.54) is 0 Å². The molecule has 0 aliphatic rings. The lowest BCUT2D eigenvalue weighted by Gasteiger charge is -1.99. The molecule has 0 spiro atoms. The first-order chi connectivity index (χ1) is 5.31. The maximum atomic E-state index is 10.8. The van der Waals surface area contributed by atoms with Crippen molar-refractivity contribution in [2.45, 2.75) is 33.1 Å². The fourth-order valence-corrected chi connectivity index (χ4v) is 0.603. The van der Waals surface area contributed by atoms with Crippen LogP contribution in [0.3, 0.4) is 0 Å². The van der Waals surface area contributed by atoms with Gasteiger partial charge in [0.1, 0.15) is 0 Å². The van der Waals surface area contributed by atoms with E-state index in [1.807, 2.05) is 13.0 Å². The highest BCUT2D eigenvalue weighted by Gasteiger charge is 1.96. The van der Waals surface area contributed by atoms with E-state index in [4.69, 9.17) is 4.74 Å². The highest BCUT2D eigenvalue weighted by Crippen LogP contribution is 1.92. The van der Waals surface area contributed by atoms with Crippen LogP contribution in [-0.2, 0) is 9.53 Å². The number of hydrogen-bond donors (Lipinski definition) is 0. The Labute approximate surface area is 68.2 Å². The van der Waals surface area contributed by atoms with Gasteiger partial charge in [-0.3, -0.25) is 4.79 Å². The van der Waals surface area contributed by atoms with Crippen molar-refractivity contribution in [3.63, 3.8) is 0 Å². The first-order valence-electron chi connectivity index (χ1n) is 4.08. The molecule has 64 valence electrons. The summed E-state index contributed by atoms with van der Waals surface area (Å²) in [7, 11) is 0. The molecule has 2 heteroatoms. The van der Waals surface area contributed by atoms with Gasteiger partial charge in [-0.2, -0.15) is 0 Å². The van der Waals surface area contributed by atoms with Gasteiger partial charge in [-0.1, -0.05) is 25.5 Å². The summed E-state index contributed by atoms with van der Waals surface area (Å²) in [5, 5.41) is 0. The Morgan fingerprint density at radius 2 is 2.27 bits per heavy atom. The number of unbranched alkanes of at least 4 members (excludes halogenated alkanes) is 1. The van der Waals surface area contributed by atoms with Gasteiger partial charge in [-0.05, 0) is 13.3 Å². The Morgan fingerprint density at radius 1 is 1.55 bits per heavy atom. The molecule has 0 saturated heterocycles. The number of esters is 1. The van der Waals surface area contributed by atoms with Gasteiger partial charge < -0.3 is 4.74 Å². The molecule has 0 N–H and O–H groups in total. The van der Waals surface area contributed by atoms with Crippen LogP contribution >= 0.6 is 0 Å². The molecule has 0 aromatic carbocycles. The molecule has 0 amide bonds. The van der Waals surface area contributed by atoms with Crippen LogP contribution < -0.4 is 0 Å². The Hall–Kier alpha value is -0.790. The van der Waals surface area contributed by atoms with Gasteiger partial charge >= 0.3 is 5.97 Å². The largest absolute Gasteiger partial charge is 0.465 e. The minimum Gasteiger partial charge on any atom is -0.465 e. The normalized spacial score (nSPS) is 10.4. The number of rotatable bonds is 5. The predicted molar refractivity (Wildman–Crippen MR) is 45.3 cm³/mol.